The summed E-state index contributed by atoms with van der Waals surface area (Å²) in [4.78, 5) is 13.7. The van der Waals surface area contributed by atoms with Crippen LogP contribution in [0.5, 0.6) is 5.75 Å². The third-order valence-corrected chi connectivity index (χ3v) is 5.28. The Morgan fingerprint density at radius 2 is 2.00 bits per heavy atom. The summed E-state index contributed by atoms with van der Waals surface area (Å²) in [5, 5.41) is 19.9. The van der Waals surface area contributed by atoms with Crippen LogP contribution in [0.15, 0.2) is 12.1 Å². The maximum atomic E-state index is 11.6. The first kappa shape index (κ1) is 14.4. The summed E-state index contributed by atoms with van der Waals surface area (Å²) in [5.74, 6) is 0.0955. The van der Waals surface area contributed by atoms with E-state index in [0.717, 1.165) is 24.9 Å². The van der Waals surface area contributed by atoms with Crippen molar-refractivity contribution < 1.29 is 15.0 Å². The van der Waals surface area contributed by atoms with E-state index in [2.05, 4.69) is 18.7 Å². The van der Waals surface area contributed by atoms with Crippen molar-refractivity contribution in [1.29, 1.82) is 0 Å². The fourth-order valence-electron chi connectivity index (χ4n) is 4.32. The maximum absolute atomic E-state index is 11.6. The fourth-order valence-corrected chi connectivity index (χ4v) is 4.32. The van der Waals surface area contributed by atoms with E-state index in [1.54, 1.807) is 6.07 Å². The molecule has 4 atom stereocenters. The van der Waals surface area contributed by atoms with Gasteiger partial charge in [-0.1, -0.05) is 19.9 Å². The van der Waals surface area contributed by atoms with E-state index >= 15 is 0 Å². The lowest BCUT2D eigenvalue weighted by Gasteiger charge is -2.30. The van der Waals surface area contributed by atoms with Gasteiger partial charge in [-0.2, -0.15) is 0 Å². The van der Waals surface area contributed by atoms with Gasteiger partial charge in [0.25, 0.3) is 0 Å². The Morgan fingerprint density at radius 3 is 2.67 bits per heavy atom. The molecule has 4 nitrogen and oxygen atoms in total. The van der Waals surface area contributed by atoms with Gasteiger partial charge in [0.1, 0.15) is 11.8 Å². The molecule has 1 aromatic carbocycles. The van der Waals surface area contributed by atoms with Crippen molar-refractivity contribution in [3.05, 3.63) is 28.8 Å². The minimum Gasteiger partial charge on any atom is -0.508 e. The molecule has 0 bridgehead atoms. The van der Waals surface area contributed by atoms with Gasteiger partial charge in [0.2, 0.25) is 0 Å². The Morgan fingerprint density at radius 1 is 1.29 bits per heavy atom. The number of hydrogen-bond acceptors (Lipinski definition) is 3. The molecule has 1 aromatic rings. The first-order valence-corrected chi connectivity index (χ1v) is 7.72. The fraction of sp³-hybridized carbons (Fsp3) is 0.588. The molecule has 0 radical (unpaired) electrons. The topological polar surface area (TPSA) is 60.8 Å². The monoisotopic (exact) mass is 289 g/mol. The summed E-state index contributed by atoms with van der Waals surface area (Å²) < 4.78 is 0. The van der Waals surface area contributed by atoms with Gasteiger partial charge in [0.05, 0.1) is 0 Å². The Hall–Kier alpha value is -1.55. The van der Waals surface area contributed by atoms with Crippen LogP contribution in [0, 0.1) is 12.8 Å². The molecule has 3 rings (SSSR count). The SMILES string of the molecule is Cc1ccc(O)c2c1C(C)CC2N1CCC(C)C1C(=O)O. The number of nitrogens with zero attached hydrogens (tertiary/aromatic N) is 1. The summed E-state index contributed by atoms with van der Waals surface area (Å²) in [7, 11) is 0. The molecular weight excluding hydrogens is 266 g/mol. The number of benzene rings is 1. The number of aromatic hydroxyl groups is 1. The molecule has 1 heterocycles. The van der Waals surface area contributed by atoms with Crippen LogP contribution in [0.4, 0.5) is 0 Å². The summed E-state index contributed by atoms with van der Waals surface area (Å²) >= 11 is 0. The quantitative estimate of drug-likeness (QED) is 0.878. The molecule has 4 heteroatoms. The summed E-state index contributed by atoms with van der Waals surface area (Å²) in [6.07, 6.45) is 1.80. The Labute approximate surface area is 125 Å². The zero-order valence-electron chi connectivity index (χ0n) is 12.8. The molecule has 0 aromatic heterocycles. The summed E-state index contributed by atoms with van der Waals surface area (Å²) in [6, 6.07) is 3.29. The third kappa shape index (κ3) is 2.13. The van der Waals surface area contributed by atoms with Gasteiger partial charge in [-0.25, -0.2) is 0 Å². The van der Waals surface area contributed by atoms with Gasteiger partial charge in [-0.3, -0.25) is 9.69 Å². The van der Waals surface area contributed by atoms with Gasteiger partial charge in [-0.15, -0.1) is 0 Å². The average molecular weight is 289 g/mol. The normalized spacial score (nSPS) is 32.3. The van der Waals surface area contributed by atoms with Crippen molar-refractivity contribution in [1.82, 2.24) is 4.90 Å². The molecule has 1 fully saturated rings. The van der Waals surface area contributed by atoms with E-state index in [9.17, 15) is 15.0 Å². The van der Waals surface area contributed by atoms with E-state index in [-0.39, 0.29) is 12.0 Å². The third-order valence-electron chi connectivity index (χ3n) is 5.28. The molecule has 1 saturated heterocycles. The number of phenols is 1. The number of likely N-dealkylation sites (tertiary alicyclic amines) is 1. The van der Waals surface area contributed by atoms with Crippen LogP contribution < -0.4 is 0 Å². The zero-order valence-corrected chi connectivity index (χ0v) is 12.8. The largest absolute Gasteiger partial charge is 0.508 e. The van der Waals surface area contributed by atoms with Gasteiger partial charge in [-0.05, 0) is 55.3 Å². The van der Waals surface area contributed by atoms with Gasteiger partial charge < -0.3 is 10.2 Å². The molecule has 1 aliphatic carbocycles. The Bertz CT molecular complexity index is 584. The lowest BCUT2D eigenvalue weighted by Crippen LogP contribution is -2.40. The van der Waals surface area contributed by atoms with Crippen LogP contribution in [-0.2, 0) is 4.79 Å². The predicted octanol–water partition coefficient (Wildman–Crippen LogP) is 3.04. The Kier molecular flexibility index (Phi) is 3.44. The van der Waals surface area contributed by atoms with Gasteiger partial charge in [0, 0.05) is 11.6 Å². The number of phenolic OH excluding ortho intramolecular Hbond substituents is 1. The number of carboxylic acid groups (broad SMARTS) is 1. The van der Waals surface area contributed by atoms with Crippen molar-refractivity contribution in [3.8, 4) is 5.75 Å². The lowest BCUT2D eigenvalue weighted by atomic mass is 9.97. The molecule has 114 valence electrons. The predicted molar refractivity (Wildman–Crippen MR) is 80.5 cm³/mol. The van der Waals surface area contributed by atoms with E-state index in [0.29, 0.717) is 11.7 Å². The second-order valence-electron chi connectivity index (χ2n) is 6.67. The number of aliphatic carboxylic acids is 1. The Balaban J connectivity index is 2.04. The second-order valence-corrected chi connectivity index (χ2v) is 6.67. The highest BCUT2D eigenvalue weighted by Gasteiger charge is 2.45. The van der Waals surface area contributed by atoms with Crippen LogP contribution in [0.2, 0.25) is 0 Å². The number of rotatable bonds is 2. The van der Waals surface area contributed by atoms with Crippen LogP contribution >= 0.6 is 0 Å². The average Bonchev–Trinajstić information content (AvgIpc) is 2.95. The number of carbonyl (C=O) groups is 1. The molecule has 1 aliphatic heterocycles. The molecule has 21 heavy (non-hydrogen) atoms. The molecule has 0 saturated carbocycles. The van der Waals surface area contributed by atoms with Gasteiger partial charge >= 0.3 is 5.97 Å². The van der Waals surface area contributed by atoms with E-state index < -0.39 is 12.0 Å². The first-order valence-electron chi connectivity index (χ1n) is 7.72. The highest BCUT2D eigenvalue weighted by atomic mass is 16.4. The van der Waals surface area contributed by atoms with E-state index in [1.165, 1.54) is 11.1 Å². The van der Waals surface area contributed by atoms with Crippen molar-refractivity contribution in [3.63, 3.8) is 0 Å². The summed E-state index contributed by atoms with van der Waals surface area (Å²) in [6.45, 7) is 7.04. The minimum absolute atomic E-state index is 0.0287. The number of hydrogen-bond donors (Lipinski definition) is 2. The van der Waals surface area contributed by atoms with Crippen molar-refractivity contribution in [2.24, 2.45) is 5.92 Å². The van der Waals surface area contributed by atoms with Crippen LogP contribution in [-0.4, -0.2) is 33.7 Å². The van der Waals surface area contributed by atoms with E-state index in [1.807, 2.05) is 13.0 Å². The number of carboxylic acids is 1. The first-order chi connectivity index (χ1) is 9.91. The zero-order chi connectivity index (χ0) is 15.3. The highest BCUT2D eigenvalue weighted by molar-refractivity contribution is 5.74. The van der Waals surface area contributed by atoms with Crippen molar-refractivity contribution in [2.45, 2.75) is 51.6 Å². The molecule has 2 aliphatic rings. The van der Waals surface area contributed by atoms with Crippen LogP contribution in [0.25, 0.3) is 0 Å². The smallest absolute Gasteiger partial charge is 0.321 e. The minimum atomic E-state index is -0.742. The van der Waals surface area contributed by atoms with Crippen molar-refractivity contribution >= 4 is 5.97 Å². The van der Waals surface area contributed by atoms with Crippen molar-refractivity contribution in [2.75, 3.05) is 6.54 Å². The highest BCUT2D eigenvalue weighted by Crippen LogP contribution is 2.50. The molecule has 2 N–H and O–H groups in total. The van der Waals surface area contributed by atoms with Crippen LogP contribution in [0.1, 0.15) is 55.3 Å². The van der Waals surface area contributed by atoms with Gasteiger partial charge in [0.15, 0.2) is 0 Å². The lowest BCUT2D eigenvalue weighted by molar-refractivity contribution is -0.144. The number of aryl methyl sites for hydroxylation is 1. The number of fused-ring (bicyclic) bond motifs is 1. The second kappa shape index (κ2) is 5.02. The molecular formula is C17H23NO3. The van der Waals surface area contributed by atoms with E-state index in [4.69, 9.17) is 0 Å². The molecule has 0 spiro atoms. The maximum Gasteiger partial charge on any atom is 0.321 e. The standard InChI is InChI=1S/C17H23NO3/c1-9-4-5-13(19)15-12(8-11(3)14(9)15)18-7-6-10(2)16(18)17(20)21/h4-5,10-12,16,19H,6-8H2,1-3H3,(H,20,21). The summed E-state index contributed by atoms with van der Waals surface area (Å²) in [5.41, 5.74) is 3.36. The molecule has 0 amide bonds. The van der Waals surface area contributed by atoms with Crippen LogP contribution in [0.3, 0.4) is 0 Å². The molecule has 4 unspecified atom stereocenters.